The minimum absolute atomic E-state index is 0. The second-order valence-corrected chi connectivity index (χ2v) is 6.26. The van der Waals surface area contributed by atoms with Crippen LogP contribution in [0.4, 0.5) is 13.2 Å². The van der Waals surface area contributed by atoms with Crippen LogP contribution in [0.5, 0.6) is 0 Å². The number of β-amino-alcohol motifs (C(OH)–C–C–N with tert-alkyl or cyclic N) is 1. The molecule has 0 radical (unpaired) electrons. The molecule has 1 aromatic heterocycles. The van der Waals surface area contributed by atoms with Crippen molar-refractivity contribution in [3.8, 4) is 0 Å². The van der Waals surface area contributed by atoms with Gasteiger partial charge in [-0.05, 0) is 26.8 Å². The fourth-order valence-electron chi connectivity index (χ4n) is 2.11. The molecular weight excluding hydrogens is 325 g/mol. The van der Waals surface area contributed by atoms with E-state index in [-0.39, 0.29) is 31.1 Å². The maximum absolute atomic E-state index is 12.8. The zero-order chi connectivity index (χ0) is 16.5. The first-order valence-electron chi connectivity index (χ1n) is 6.98. The predicted octanol–water partition coefficient (Wildman–Crippen LogP) is 3.79. The van der Waals surface area contributed by atoms with Crippen LogP contribution < -0.4 is 5.32 Å². The zero-order valence-electron chi connectivity index (χ0n) is 13.2. The molecule has 0 spiro atoms. The Balaban J connectivity index is 0.00000264. The van der Waals surface area contributed by atoms with E-state index in [0.717, 1.165) is 6.07 Å². The Morgan fingerprint density at radius 3 is 2.35 bits per heavy atom. The number of aromatic nitrogens is 1. The highest BCUT2D eigenvalue weighted by atomic mass is 32.1. The number of hydrogen-bond donors (Lipinski definition) is 2. The lowest BCUT2D eigenvalue weighted by Crippen LogP contribution is -2.38. The molecule has 0 saturated carbocycles. The molecule has 0 saturated heterocycles. The molecule has 1 heterocycles. The monoisotopic (exact) mass is 346 g/mol. The Bertz CT molecular complexity index is 668. The fourth-order valence-corrected chi connectivity index (χ4v) is 2.11. The molecule has 0 unspecified atom stereocenters. The van der Waals surface area contributed by atoms with Crippen molar-refractivity contribution in [3.63, 3.8) is 0 Å². The highest BCUT2D eigenvalue weighted by molar-refractivity contribution is 7.59. The van der Waals surface area contributed by atoms with E-state index >= 15 is 0 Å². The molecule has 1 aromatic carbocycles. The second kappa shape index (κ2) is 7.07. The van der Waals surface area contributed by atoms with Gasteiger partial charge in [0.1, 0.15) is 5.69 Å². The van der Waals surface area contributed by atoms with Crippen LogP contribution in [0.1, 0.15) is 38.1 Å². The van der Waals surface area contributed by atoms with Gasteiger partial charge < -0.3 is 10.4 Å². The van der Waals surface area contributed by atoms with Gasteiger partial charge in [-0.3, -0.25) is 0 Å². The van der Waals surface area contributed by atoms with Crippen molar-refractivity contribution >= 4 is 24.4 Å². The lowest BCUT2D eigenvalue weighted by molar-refractivity contribution is -0.140. The number of nitrogens with one attached hydrogen (secondary N) is 1. The standard InChI is InChI=1S/C16H19F3N2O.H2S/c1-15(2,3)20-9-12(22)11-6-4-5-10-7-8-13(16(17,18)19)21-14(10)11;/h4-8,12,20,22H,9H2,1-3H3;1H2/t12-;/m1./s1. The number of fused-ring (bicyclic) bond motifs is 1. The summed E-state index contributed by atoms with van der Waals surface area (Å²) in [4.78, 5) is 3.70. The molecule has 0 aliphatic rings. The van der Waals surface area contributed by atoms with Crippen LogP contribution in [0, 0.1) is 0 Å². The molecule has 0 amide bonds. The van der Waals surface area contributed by atoms with Crippen LogP contribution in [0.25, 0.3) is 10.9 Å². The minimum atomic E-state index is -4.50. The van der Waals surface area contributed by atoms with Gasteiger partial charge in [0, 0.05) is 23.0 Å². The van der Waals surface area contributed by atoms with Crippen LogP contribution in [0.3, 0.4) is 0 Å². The molecule has 23 heavy (non-hydrogen) atoms. The number of benzene rings is 1. The smallest absolute Gasteiger partial charge is 0.387 e. The average Bonchev–Trinajstić information content (AvgIpc) is 2.41. The van der Waals surface area contributed by atoms with Crippen LogP contribution in [-0.4, -0.2) is 22.2 Å². The van der Waals surface area contributed by atoms with Crippen LogP contribution in [0.2, 0.25) is 0 Å². The molecule has 128 valence electrons. The summed E-state index contributed by atoms with van der Waals surface area (Å²) in [5, 5.41) is 14.0. The van der Waals surface area contributed by atoms with Gasteiger partial charge in [0.25, 0.3) is 0 Å². The number of aliphatic hydroxyl groups excluding tert-OH is 1. The third-order valence-electron chi connectivity index (χ3n) is 3.23. The van der Waals surface area contributed by atoms with E-state index in [1.165, 1.54) is 6.07 Å². The Labute approximate surface area is 140 Å². The molecule has 7 heteroatoms. The summed E-state index contributed by atoms with van der Waals surface area (Å²) in [7, 11) is 0. The molecule has 0 aliphatic heterocycles. The highest BCUT2D eigenvalue weighted by Crippen LogP contribution is 2.31. The molecule has 2 rings (SSSR count). The number of aliphatic hydroxyl groups is 1. The molecule has 0 aliphatic carbocycles. The van der Waals surface area contributed by atoms with Gasteiger partial charge in [-0.2, -0.15) is 26.7 Å². The Kier molecular flexibility index (Phi) is 6.06. The molecule has 3 nitrogen and oxygen atoms in total. The van der Waals surface area contributed by atoms with Crippen molar-refractivity contribution in [1.29, 1.82) is 0 Å². The van der Waals surface area contributed by atoms with Gasteiger partial charge >= 0.3 is 6.18 Å². The van der Waals surface area contributed by atoms with Gasteiger partial charge in [0.05, 0.1) is 11.6 Å². The first-order chi connectivity index (χ1) is 10.1. The van der Waals surface area contributed by atoms with Crippen LogP contribution >= 0.6 is 13.5 Å². The zero-order valence-corrected chi connectivity index (χ0v) is 14.2. The number of pyridine rings is 1. The predicted molar refractivity (Wildman–Crippen MR) is 89.8 cm³/mol. The molecular formula is C16H21F3N2OS. The minimum Gasteiger partial charge on any atom is -0.387 e. The summed E-state index contributed by atoms with van der Waals surface area (Å²) < 4.78 is 38.4. The average molecular weight is 346 g/mol. The van der Waals surface area contributed by atoms with Crippen molar-refractivity contribution in [2.45, 2.75) is 38.6 Å². The molecule has 1 atom stereocenters. The van der Waals surface area contributed by atoms with Crippen molar-refractivity contribution in [2.24, 2.45) is 0 Å². The summed E-state index contributed by atoms with van der Waals surface area (Å²) in [5.41, 5.74) is -0.583. The van der Waals surface area contributed by atoms with E-state index in [1.807, 2.05) is 20.8 Å². The van der Waals surface area contributed by atoms with Crippen molar-refractivity contribution in [3.05, 3.63) is 41.6 Å². The summed E-state index contributed by atoms with van der Waals surface area (Å²) in [5.74, 6) is 0. The van der Waals surface area contributed by atoms with Gasteiger partial charge in [-0.15, -0.1) is 0 Å². The topological polar surface area (TPSA) is 45.1 Å². The van der Waals surface area contributed by atoms with E-state index in [2.05, 4.69) is 10.3 Å². The first-order valence-corrected chi connectivity index (χ1v) is 6.98. The number of hydrogen-bond acceptors (Lipinski definition) is 3. The third kappa shape index (κ3) is 5.09. The Hall–Kier alpha value is -1.31. The largest absolute Gasteiger partial charge is 0.433 e. The number of alkyl halides is 3. The van der Waals surface area contributed by atoms with Crippen molar-refractivity contribution in [2.75, 3.05) is 6.54 Å². The van der Waals surface area contributed by atoms with Gasteiger partial charge in [-0.1, -0.05) is 24.3 Å². The maximum Gasteiger partial charge on any atom is 0.433 e. The normalized spacial score (nSPS) is 13.7. The number of nitrogens with zero attached hydrogens (tertiary/aromatic N) is 1. The van der Waals surface area contributed by atoms with Gasteiger partial charge in [-0.25, -0.2) is 4.98 Å². The summed E-state index contributed by atoms with van der Waals surface area (Å²) in [6.45, 7) is 6.08. The van der Waals surface area contributed by atoms with E-state index < -0.39 is 18.0 Å². The SMILES string of the molecule is CC(C)(C)NC[C@@H](O)c1cccc2ccc(C(F)(F)F)nc12.S. The molecule has 0 fully saturated rings. The number of halogens is 3. The number of rotatable bonds is 3. The van der Waals surface area contributed by atoms with Gasteiger partial charge in [0.15, 0.2) is 0 Å². The van der Waals surface area contributed by atoms with E-state index in [4.69, 9.17) is 0 Å². The van der Waals surface area contributed by atoms with Crippen molar-refractivity contribution < 1.29 is 18.3 Å². The Morgan fingerprint density at radius 1 is 1.13 bits per heavy atom. The third-order valence-corrected chi connectivity index (χ3v) is 3.23. The van der Waals surface area contributed by atoms with E-state index in [9.17, 15) is 18.3 Å². The first kappa shape index (κ1) is 19.7. The fraction of sp³-hybridized carbons (Fsp3) is 0.438. The molecule has 2 aromatic rings. The second-order valence-electron chi connectivity index (χ2n) is 6.26. The highest BCUT2D eigenvalue weighted by Gasteiger charge is 2.32. The van der Waals surface area contributed by atoms with Crippen molar-refractivity contribution in [1.82, 2.24) is 10.3 Å². The lowest BCUT2D eigenvalue weighted by Gasteiger charge is -2.23. The molecule has 0 bridgehead atoms. The van der Waals surface area contributed by atoms with E-state index in [1.54, 1.807) is 18.2 Å². The van der Waals surface area contributed by atoms with Crippen LogP contribution in [-0.2, 0) is 6.18 Å². The maximum atomic E-state index is 12.8. The summed E-state index contributed by atoms with van der Waals surface area (Å²) >= 11 is 0. The van der Waals surface area contributed by atoms with Crippen LogP contribution in [0.15, 0.2) is 30.3 Å². The summed E-state index contributed by atoms with van der Waals surface area (Å²) in [6, 6.07) is 7.30. The quantitative estimate of drug-likeness (QED) is 0.889. The van der Waals surface area contributed by atoms with E-state index in [0.29, 0.717) is 10.9 Å². The summed E-state index contributed by atoms with van der Waals surface area (Å²) in [6.07, 6.45) is -5.44. The lowest BCUT2D eigenvalue weighted by atomic mass is 10.0. The Morgan fingerprint density at radius 2 is 1.78 bits per heavy atom. The number of para-hydroxylation sites is 1. The molecule has 2 N–H and O–H groups in total. The van der Waals surface area contributed by atoms with Gasteiger partial charge in [0.2, 0.25) is 0 Å².